The SMILES string of the molecule is CCC(C)N(CC)c1ccc(CC(C)N)c(Br)c1. The number of halogens is 1. The number of hydrogen-bond acceptors (Lipinski definition) is 2. The summed E-state index contributed by atoms with van der Waals surface area (Å²) in [5.74, 6) is 0. The second-order valence-electron chi connectivity index (χ2n) is 5.00. The Labute approximate surface area is 120 Å². The predicted molar refractivity (Wildman–Crippen MR) is 84.3 cm³/mol. The molecule has 2 nitrogen and oxygen atoms in total. The smallest absolute Gasteiger partial charge is 0.0380 e. The molecule has 0 saturated heterocycles. The van der Waals surface area contributed by atoms with Gasteiger partial charge in [-0.15, -0.1) is 0 Å². The Bertz CT molecular complexity index is 377. The van der Waals surface area contributed by atoms with Crippen LogP contribution >= 0.6 is 15.9 Å². The normalized spacial score (nSPS) is 14.3. The Morgan fingerprint density at radius 3 is 2.39 bits per heavy atom. The molecule has 1 aromatic rings. The van der Waals surface area contributed by atoms with Crippen LogP contribution in [-0.4, -0.2) is 18.6 Å². The monoisotopic (exact) mass is 312 g/mol. The first-order valence-corrected chi connectivity index (χ1v) is 7.59. The molecule has 0 spiro atoms. The third-order valence-electron chi connectivity index (χ3n) is 3.37. The Morgan fingerprint density at radius 1 is 1.28 bits per heavy atom. The second kappa shape index (κ2) is 7.15. The van der Waals surface area contributed by atoms with Crippen LogP contribution in [-0.2, 0) is 6.42 Å². The molecule has 0 aliphatic rings. The first kappa shape index (κ1) is 15.5. The van der Waals surface area contributed by atoms with Crippen molar-refractivity contribution in [1.29, 1.82) is 0 Å². The van der Waals surface area contributed by atoms with Crippen molar-refractivity contribution in [3.05, 3.63) is 28.2 Å². The lowest BCUT2D eigenvalue weighted by Gasteiger charge is -2.30. The van der Waals surface area contributed by atoms with E-state index in [0.717, 1.165) is 19.4 Å². The van der Waals surface area contributed by atoms with Gasteiger partial charge >= 0.3 is 0 Å². The summed E-state index contributed by atoms with van der Waals surface area (Å²) in [5, 5.41) is 0. The molecule has 2 atom stereocenters. The van der Waals surface area contributed by atoms with E-state index in [1.807, 2.05) is 6.92 Å². The van der Waals surface area contributed by atoms with Gasteiger partial charge < -0.3 is 10.6 Å². The highest BCUT2D eigenvalue weighted by molar-refractivity contribution is 9.10. The molecule has 0 bridgehead atoms. The molecular formula is C15H25BrN2. The zero-order chi connectivity index (χ0) is 13.7. The Balaban J connectivity index is 2.94. The molecule has 2 unspecified atom stereocenters. The molecule has 102 valence electrons. The lowest BCUT2D eigenvalue weighted by molar-refractivity contribution is 0.629. The highest BCUT2D eigenvalue weighted by atomic mass is 79.9. The first-order chi connectivity index (χ1) is 8.49. The van der Waals surface area contributed by atoms with E-state index in [1.54, 1.807) is 0 Å². The van der Waals surface area contributed by atoms with Gasteiger partial charge in [0.15, 0.2) is 0 Å². The van der Waals surface area contributed by atoms with E-state index in [9.17, 15) is 0 Å². The van der Waals surface area contributed by atoms with Crippen LogP contribution in [0.25, 0.3) is 0 Å². The van der Waals surface area contributed by atoms with Crippen molar-refractivity contribution >= 4 is 21.6 Å². The zero-order valence-corrected chi connectivity index (χ0v) is 13.5. The highest BCUT2D eigenvalue weighted by Crippen LogP contribution is 2.26. The molecule has 0 saturated carbocycles. The van der Waals surface area contributed by atoms with Gasteiger partial charge in [0.2, 0.25) is 0 Å². The van der Waals surface area contributed by atoms with Gasteiger partial charge in [-0.2, -0.15) is 0 Å². The van der Waals surface area contributed by atoms with Crippen molar-refractivity contribution in [1.82, 2.24) is 0 Å². The zero-order valence-electron chi connectivity index (χ0n) is 11.9. The summed E-state index contributed by atoms with van der Waals surface area (Å²) in [5.41, 5.74) is 8.43. The maximum absolute atomic E-state index is 5.86. The molecule has 0 heterocycles. The van der Waals surface area contributed by atoms with Gasteiger partial charge in [-0.05, 0) is 51.3 Å². The fourth-order valence-electron chi connectivity index (χ4n) is 2.20. The van der Waals surface area contributed by atoms with Crippen LogP contribution in [0.2, 0.25) is 0 Å². The molecule has 18 heavy (non-hydrogen) atoms. The minimum Gasteiger partial charge on any atom is -0.369 e. The highest BCUT2D eigenvalue weighted by Gasteiger charge is 2.12. The summed E-state index contributed by atoms with van der Waals surface area (Å²) in [6.07, 6.45) is 2.07. The molecule has 2 N–H and O–H groups in total. The van der Waals surface area contributed by atoms with Crippen LogP contribution in [0.5, 0.6) is 0 Å². The number of nitrogens with zero attached hydrogens (tertiary/aromatic N) is 1. The Morgan fingerprint density at radius 2 is 1.94 bits per heavy atom. The van der Waals surface area contributed by atoms with Crippen LogP contribution in [0.1, 0.15) is 39.7 Å². The van der Waals surface area contributed by atoms with Crippen molar-refractivity contribution < 1.29 is 0 Å². The molecule has 0 aliphatic heterocycles. The third-order valence-corrected chi connectivity index (χ3v) is 4.11. The van der Waals surface area contributed by atoms with E-state index < -0.39 is 0 Å². The minimum absolute atomic E-state index is 0.198. The Hall–Kier alpha value is -0.540. The molecule has 3 heteroatoms. The van der Waals surface area contributed by atoms with E-state index in [1.165, 1.54) is 15.7 Å². The number of nitrogens with two attached hydrogens (primary N) is 1. The maximum Gasteiger partial charge on any atom is 0.0380 e. The van der Waals surface area contributed by atoms with E-state index in [0.29, 0.717) is 6.04 Å². The molecule has 0 fully saturated rings. The lowest BCUT2D eigenvalue weighted by atomic mass is 10.1. The van der Waals surface area contributed by atoms with Crippen LogP contribution in [0.4, 0.5) is 5.69 Å². The molecule has 0 aromatic heterocycles. The summed E-state index contributed by atoms with van der Waals surface area (Å²) in [7, 11) is 0. The number of benzene rings is 1. The maximum atomic E-state index is 5.86. The van der Waals surface area contributed by atoms with Gasteiger partial charge in [-0.25, -0.2) is 0 Å². The van der Waals surface area contributed by atoms with Crippen LogP contribution in [0, 0.1) is 0 Å². The Kier molecular flexibility index (Phi) is 6.16. The van der Waals surface area contributed by atoms with E-state index in [2.05, 4.69) is 59.8 Å². The summed E-state index contributed by atoms with van der Waals surface area (Å²) >= 11 is 3.66. The molecule has 1 aromatic carbocycles. The topological polar surface area (TPSA) is 29.3 Å². The van der Waals surface area contributed by atoms with Gasteiger partial charge in [0.05, 0.1) is 0 Å². The van der Waals surface area contributed by atoms with Crippen LogP contribution in [0.3, 0.4) is 0 Å². The average Bonchev–Trinajstić information content (AvgIpc) is 2.32. The summed E-state index contributed by atoms with van der Waals surface area (Å²) in [6.45, 7) is 9.78. The van der Waals surface area contributed by atoms with Crippen molar-refractivity contribution in [3.63, 3.8) is 0 Å². The van der Waals surface area contributed by atoms with Gasteiger partial charge in [0.25, 0.3) is 0 Å². The second-order valence-corrected chi connectivity index (χ2v) is 5.85. The largest absolute Gasteiger partial charge is 0.369 e. The predicted octanol–water partition coefficient (Wildman–Crippen LogP) is 3.96. The average molecular weight is 313 g/mol. The van der Waals surface area contributed by atoms with Crippen LogP contribution in [0.15, 0.2) is 22.7 Å². The van der Waals surface area contributed by atoms with Crippen molar-refractivity contribution in [2.24, 2.45) is 5.73 Å². The standard InChI is InChI=1S/C15H25BrN2/c1-5-12(4)18(6-2)14-8-7-13(9-11(3)17)15(16)10-14/h7-8,10-12H,5-6,9,17H2,1-4H3. The molecule has 0 radical (unpaired) electrons. The van der Waals surface area contributed by atoms with Gasteiger partial charge in [0.1, 0.15) is 0 Å². The number of anilines is 1. The minimum atomic E-state index is 0.198. The molecule has 0 aliphatic carbocycles. The van der Waals surface area contributed by atoms with E-state index >= 15 is 0 Å². The fourth-order valence-corrected chi connectivity index (χ4v) is 2.72. The van der Waals surface area contributed by atoms with E-state index in [4.69, 9.17) is 5.73 Å². The van der Waals surface area contributed by atoms with Crippen molar-refractivity contribution in [2.75, 3.05) is 11.4 Å². The van der Waals surface area contributed by atoms with E-state index in [-0.39, 0.29) is 6.04 Å². The molecule has 0 amide bonds. The summed E-state index contributed by atoms with van der Waals surface area (Å²) in [6, 6.07) is 7.38. The van der Waals surface area contributed by atoms with Crippen molar-refractivity contribution in [2.45, 2.75) is 52.6 Å². The molecular weight excluding hydrogens is 288 g/mol. The van der Waals surface area contributed by atoms with Crippen LogP contribution < -0.4 is 10.6 Å². The third kappa shape index (κ3) is 3.99. The fraction of sp³-hybridized carbons (Fsp3) is 0.600. The van der Waals surface area contributed by atoms with Gasteiger partial charge in [0, 0.05) is 28.8 Å². The molecule has 1 rings (SSSR count). The van der Waals surface area contributed by atoms with Crippen molar-refractivity contribution in [3.8, 4) is 0 Å². The summed E-state index contributed by atoms with van der Waals surface area (Å²) < 4.78 is 1.17. The first-order valence-electron chi connectivity index (χ1n) is 6.80. The number of rotatable bonds is 6. The van der Waals surface area contributed by atoms with Gasteiger partial charge in [-0.1, -0.05) is 28.9 Å². The number of hydrogen-bond donors (Lipinski definition) is 1. The lowest BCUT2D eigenvalue weighted by Crippen LogP contribution is -2.32. The summed E-state index contributed by atoms with van der Waals surface area (Å²) in [4.78, 5) is 2.43. The van der Waals surface area contributed by atoms with Gasteiger partial charge in [-0.3, -0.25) is 0 Å². The quantitative estimate of drug-likeness (QED) is 0.861.